The summed E-state index contributed by atoms with van der Waals surface area (Å²) in [7, 11) is 0. The van der Waals surface area contributed by atoms with Crippen LogP contribution in [0.25, 0.3) is 0 Å². The summed E-state index contributed by atoms with van der Waals surface area (Å²) in [6, 6.07) is 4.42. The largest absolute Gasteiger partial charge is 0.451 e. The van der Waals surface area contributed by atoms with Crippen LogP contribution in [0, 0.1) is 6.92 Å². The highest BCUT2D eigenvalue weighted by atomic mass is 35.5. The van der Waals surface area contributed by atoms with Gasteiger partial charge in [-0.15, -0.1) is 0 Å². The van der Waals surface area contributed by atoms with Crippen LogP contribution in [-0.2, 0) is 19.1 Å². The van der Waals surface area contributed by atoms with Crippen molar-refractivity contribution in [2.24, 2.45) is 0 Å². The third kappa shape index (κ3) is 4.27. The number of urea groups is 1. The number of hydrogen-bond donors (Lipinski definition) is 2. The zero-order chi connectivity index (χ0) is 21.1. The van der Waals surface area contributed by atoms with Crippen molar-refractivity contribution < 1.29 is 23.9 Å². The molecule has 0 aromatic heterocycles. The summed E-state index contributed by atoms with van der Waals surface area (Å²) in [5.74, 6) is -1.87. The zero-order valence-corrected chi connectivity index (χ0v) is 17.1. The van der Waals surface area contributed by atoms with Crippen LogP contribution >= 0.6 is 11.6 Å². The number of ether oxygens (including phenoxy) is 1. The lowest BCUT2D eigenvalue weighted by Crippen LogP contribution is -2.46. The smallest absolute Gasteiger partial charge is 0.327 e. The van der Waals surface area contributed by atoms with Crippen molar-refractivity contribution >= 4 is 41.1 Å². The molecule has 2 N–H and O–H groups in total. The summed E-state index contributed by atoms with van der Waals surface area (Å²) in [6.07, 6.45) is -0.289. The molecule has 152 valence electrons. The second kappa shape index (κ2) is 8.60. The minimum atomic E-state index is -1.12. The zero-order valence-electron chi connectivity index (χ0n) is 16.3. The van der Waals surface area contributed by atoms with Gasteiger partial charge in [-0.05, 0) is 44.4 Å². The molecule has 9 heteroatoms. The molecule has 28 heavy (non-hydrogen) atoms. The van der Waals surface area contributed by atoms with E-state index in [4.69, 9.17) is 16.3 Å². The maximum atomic E-state index is 12.5. The maximum absolute atomic E-state index is 12.5. The molecule has 4 amide bonds. The number of anilines is 1. The summed E-state index contributed by atoms with van der Waals surface area (Å²) >= 11 is 6.02. The number of esters is 1. The molecule has 0 saturated carbocycles. The van der Waals surface area contributed by atoms with E-state index in [0.29, 0.717) is 29.1 Å². The number of nitrogens with zero attached hydrogens (tertiary/aromatic N) is 1. The molecule has 0 aliphatic carbocycles. The van der Waals surface area contributed by atoms with Gasteiger partial charge in [-0.25, -0.2) is 4.79 Å². The summed E-state index contributed by atoms with van der Waals surface area (Å²) in [6.45, 7) is 6.17. The Bertz CT molecular complexity index is 807. The van der Waals surface area contributed by atoms with E-state index in [0.717, 1.165) is 4.90 Å². The van der Waals surface area contributed by atoms with Gasteiger partial charge in [-0.1, -0.05) is 31.5 Å². The van der Waals surface area contributed by atoms with Gasteiger partial charge in [-0.2, -0.15) is 0 Å². The van der Waals surface area contributed by atoms with Crippen molar-refractivity contribution in [2.45, 2.75) is 52.2 Å². The van der Waals surface area contributed by atoms with Crippen LogP contribution in [0.15, 0.2) is 18.2 Å². The van der Waals surface area contributed by atoms with Crippen molar-refractivity contribution in [1.29, 1.82) is 0 Å². The van der Waals surface area contributed by atoms with Gasteiger partial charge in [0.2, 0.25) is 0 Å². The van der Waals surface area contributed by atoms with Crippen molar-refractivity contribution in [3.8, 4) is 0 Å². The van der Waals surface area contributed by atoms with Crippen LogP contribution in [0.1, 0.15) is 39.2 Å². The molecule has 1 atom stereocenters. The molecule has 0 radical (unpaired) electrons. The SMILES string of the molecule is CCC1(CC)NC(=O)N(CC(=O)O[C@@H](C)C(=O)Nc2cccc(Cl)c2C)C1=O. The van der Waals surface area contributed by atoms with Gasteiger partial charge >= 0.3 is 12.0 Å². The molecule has 0 spiro atoms. The average Bonchev–Trinajstić information content (AvgIpc) is 2.89. The van der Waals surface area contributed by atoms with Gasteiger partial charge in [0.25, 0.3) is 11.8 Å². The van der Waals surface area contributed by atoms with Crippen LogP contribution in [0.2, 0.25) is 5.02 Å². The summed E-state index contributed by atoms with van der Waals surface area (Å²) < 4.78 is 5.09. The molecule has 1 heterocycles. The molecule has 1 aliphatic rings. The first kappa shape index (κ1) is 21.7. The third-order valence-electron chi connectivity index (χ3n) is 4.94. The molecule has 1 aliphatic heterocycles. The van der Waals surface area contributed by atoms with Crippen LogP contribution in [-0.4, -0.2) is 46.9 Å². The Morgan fingerprint density at radius 2 is 1.93 bits per heavy atom. The number of halogens is 1. The first-order valence-corrected chi connectivity index (χ1v) is 9.42. The highest BCUT2D eigenvalue weighted by Crippen LogP contribution is 2.25. The molecular weight excluding hydrogens is 386 g/mol. The van der Waals surface area contributed by atoms with Crippen LogP contribution in [0.4, 0.5) is 10.5 Å². The van der Waals surface area contributed by atoms with Gasteiger partial charge in [0.15, 0.2) is 6.10 Å². The van der Waals surface area contributed by atoms with Gasteiger partial charge in [-0.3, -0.25) is 19.3 Å². The van der Waals surface area contributed by atoms with Gasteiger partial charge < -0.3 is 15.4 Å². The van der Waals surface area contributed by atoms with E-state index in [-0.39, 0.29) is 0 Å². The number of amides is 4. The lowest BCUT2D eigenvalue weighted by molar-refractivity contribution is -0.155. The predicted molar refractivity (Wildman–Crippen MR) is 104 cm³/mol. The second-order valence-corrected chi connectivity index (χ2v) is 7.05. The van der Waals surface area contributed by atoms with E-state index in [2.05, 4.69) is 10.6 Å². The average molecular weight is 410 g/mol. The fourth-order valence-corrected chi connectivity index (χ4v) is 3.12. The molecule has 1 aromatic rings. The highest BCUT2D eigenvalue weighted by Gasteiger charge is 2.49. The summed E-state index contributed by atoms with van der Waals surface area (Å²) in [5, 5.41) is 5.76. The van der Waals surface area contributed by atoms with Crippen LogP contribution < -0.4 is 10.6 Å². The summed E-state index contributed by atoms with van der Waals surface area (Å²) in [4.78, 5) is 49.9. The Morgan fingerprint density at radius 1 is 1.29 bits per heavy atom. The van der Waals surface area contributed by atoms with E-state index >= 15 is 0 Å². The van der Waals surface area contributed by atoms with E-state index in [1.54, 1.807) is 39.0 Å². The Morgan fingerprint density at radius 3 is 2.50 bits per heavy atom. The van der Waals surface area contributed by atoms with Crippen molar-refractivity contribution in [1.82, 2.24) is 10.2 Å². The van der Waals surface area contributed by atoms with Crippen molar-refractivity contribution in [3.05, 3.63) is 28.8 Å². The molecule has 1 saturated heterocycles. The first-order valence-electron chi connectivity index (χ1n) is 9.04. The van der Waals surface area contributed by atoms with Crippen molar-refractivity contribution in [2.75, 3.05) is 11.9 Å². The highest BCUT2D eigenvalue weighted by molar-refractivity contribution is 6.31. The van der Waals surface area contributed by atoms with E-state index < -0.39 is 42.0 Å². The maximum Gasteiger partial charge on any atom is 0.327 e. The number of carbonyl (C=O) groups is 4. The monoisotopic (exact) mass is 409 g/mol. The van der Waals surface area contributed by atoms with Gasteiger partial charge in [0, 0.05) is 10.7 Å². The molecular formula is C19H24ClN3O5. The lowest BCUT2D eigenvalue weighted by atomic mass is 9.93. The second-order valence-electron chi connectivity index (χ2n) is 6.64. The normalized spacial score (nSPS) is 16.5. The minimum absolute atomic E-state index is 0.414. The molecule has 1 aromatic carbocycles. The number of rotatable bonds is 7. The topological polar surface area (TPSA) is 105 Å². The Balaban J connectivity index is 1.97. The van der Waals surface area contributed by atoms with E-state index in [1.165, 1.54) is 6.92 Å². The quantitative estimate of drug-likeness (QED) is 0.532. The fraction of sp³-hybridized carbons (Fsp3) is 0.474. The van der Waals surface area contributed by atoms with E-state index in [9.17, 15) is 19.2 Å². The Kier molecular flexibility index (Phi) is 6.66. The van der Waals surface area contributed by atoms with Crippen LogP contribution in [0.3, 0.4) is 0 Å². The van der Waals surface area contributed by atoms with Gasteiger partial charge in [0.1, 0.15) is 12.1 Å². The molecule has 0 unspecified atom stereocenters. The first-order chi connectivity index (χ1) is 13.1. The molecule has 2 rings (SSSR count). The van der Waals surface area contributed by atoms with Crippen LogP contribution in [0.5, 0.6) is 0 Å². The molecule has 0 bridgehead atoms. The number of hydrogen-bond acceptors (Lipinski definition) is 5. The molecule has 1 fully saturated rings. The minimum Gasteiger partial charge on any atom is -0.451 e. The van der Waals surface area contributed by atoms with Crippen molar-refractivity contribution in [3.63, 3.8) is 0 Å². The lowest BCUT2D eigenvalue weighted by Gasteiger charge is -2.23. The Labute approximate surface area is 168 Å². The number of imide groups is 1. The number of benzene rings is 1. The third-order valence-corrected chi connectivity index (χ3v) is 5.35. The molecule has 8 nitrogen and oxygen atoms in total. The summed E-state index contributed by atoms with van der Waals surface area (Å²) in [5.41, 5.74) is 0.195. The number of carbonyl (C=O) groups excluding carboxylic acids is 4. The standard InChI is InChI=1S/C19H24ClN3O5/c1-5-19(6-2)17(26)23(18(27)22-19)10-15(24)28-12(4)16(25)21-14-9-7-8-13(20)11(14)3/h7-9,12H,5-6,10H2,1-4H3,(H,21,25)(H,22,27)/t12-/m0/s1. The predicted octanol–water partition coefficient (Wildman–Crippen LogP) is 2.63. The fourth-order valence-electron chi connectivity index (χ4n) is 2.94. The Hall–Kier alpha value is -2.61. The number of nitrogens with one attached hydrogen (secondary N) is 2. The van der Waals surface area contributed by atoms with E-state index in [1.807, 2.05) is 0 Å². The van der Waals surface area contributed by atoms with Gasteiger partial charge in [0.05, 0.1) is 0 Å².